The second-order valence-electron chi connectivity index (χ2n) is 15.3. The van der Waals surface area contributed by atoms with Crippen LogP contribution in [0.3, 0.4) is 0 Å². The lowest BCUT2D eigenvalue weighted by Crippen LogP contribution is -2.52. The fourth-order valence-corrected chi connectivity index (χ4v) is 7.83. The SMILES string of the molecule is CCOC(=O)C1(CO)CCN(CCCOc2cccc(-c3cccc(COc4cc(OCc5cncc(S(C)(=O)=O)c5)c(CNC(C)(CO)C(=O)O)cc4Cl)c3C)c2C)C1. The number of likely N-dealkylation sites (tertiary alicyclic amines) is 1. The van der Waals surface area contributed by atoms with Crippen LogP contribution in [-0.4, -0.2) is 103 Å². The third-order valence-electron chi connectivity index (χ3n) is 10.9. The van der Waals surface area contributed by atoms with E-state index in [1.54, 1.807) is 19.1 Å². The number of pyridine rings is 1. The molecule has 2 heterocycles. The number of carbonyl (C=O) groups is 2. The molecule has 4 N–H and O–H groups in total. The molecule has 1 saturated heterocycles. The molecule has 0 radical (unpaired) electrons. The smallest absolute Gasteiger partial charge is 0.326 e. The van der Waals surface area contributed by atoms with Crippen LogP contribution in [0.25, 0.3) is 11.1 Å². The van der Waals surface area contributed by atoms with Crippen molar-refractivity contribution in [1.29, 1.82) is 0 Å². The van der Waals surface area contributed by atoms with Crippen molar-refractivity contribution in [2.45, 2.75) is 70.7 Å². The van der Waals surface area contributed by atoms with E-state index in [0.717, 1.165) is 52.8 Å². The van der Waals surface area contributed by atoms with Crippen LogP contribution in [0, 0.1) is 19.3 Å². The zero-order valence-electron chi connectivity index (χ0n) is 34.6. The zero-order valence-corrected chi connectivity index (χ0v) is 36.2. The number of nitrogens with zero attached hydrogens (tertiary/aromatic N) is 2. The average Bonchev–Trinajstić information content (AvgIpc) is 3.66. The Morgan fingerprint density at radius 2 is 1.67 bits per heavy atom. The Bertz CT molecular complexity index is 2270. The number of rotatable bonds is 21. The van der Waals surface area contributed by atoms with Gasteiger partial charge in [-0.3, -0.25) is 19.9 Å². The lowest BCUT2D eigenvalue weighted by Gasteiger charge is -2.25. The summed E-state index contributed by atoms with van der Waals surface area (Å²) in [5.74, 6) is -0.222. The minimum Gasteiger partial charge on any atom is -0.493 e. The first-order valence-corrected chi connectivity index (χ1v) is 21.9. The number of hydrogen-bond acceptors (Lipinski definition) is 13. The molecule has 5 rings (SSSR count). The van der Waals surface area contributed by atoms with E-state index in [1.165, 1.54) is 25.4 Å². The van der Waals surface area contributed by atoms with Crippen molar-refractivity contribution < 1.29 is 52.3 Å². The van der Waals surface area contributed by atoms with Crippen molar-refractivity contribution in [3.63, 3.8) is 0 Å². The van der Waals surface area contributed by atoms with Crippen molar-refractivity contribution in [3.8, 4) is 28.4 Å². The minimum absolute atomic E-state index is 0.0373. The van der Waals surface area contributed by atoms with Gasteiger partial charge in [-0.2, -0.15) is 0 Å². The number of aromatic nitrogens is 1. The first kappa shape index (κ1) is 46.3. The van der Waals surface area contributed by atoms with Gasteiger partial charge >= 0.3 is 11.9 Å². The summed E-state index contributed by atoms with van der Waals surface area (Å²) in [7, 11) is -3.51. The number of hydrogen-bond donors (Lipinski definition) is 4. The van der Waals surface area contributed by atoms with Gasteiger partial charge in [0.25, 0.3) is 0 Å². The van der Waals surface area contributed by atoms with E-state index >= 15 is 0 Å². The molecule has 3 aromatic carbocycles. The topological polar surface area (TPSA) is 194 Å². The molecule has 0 amide bonds. The number of aliphatic carboxylic acids is 1. The molecule has 1 aliphatic rings. The fraction of sp³-hybridized carbons (Fsp3) is 0.432. The summed E-state index contributed by atoms with van der Waals surface area (Å²) in [6.45, 7) is 8.96. The van der Waals surface area contributed by atoms with Gasteiger partial charge in [0, 0.05) is 55.5 Å². The van der Waals surface area contributed by atoms with Crippen LogP contribution < -0.4 is 19.5 Å². The van der Waals surface area contributed by atoms with Crippen molar-refractivity contribution in [2.24, 2.45) is 5.41 Å². The van der Waals surface area contributed by atoms with Crippen molar-refractivity contribution in [3.05, 3.63) is 99.8 Å². The molecule has 14 nitrogen and oxygen atoms in total. The third kappa shape index (κ3) is 11.1. The van der Waals surface area contributed by atoms with Crippen LogP contribution in [0.15, 0.2) is 71.9 Å². The summed E-state index contributed by atoms with van der Waals surface area (Å²) < 4.78 is 48.2. The van der Waals surface area contributed by atoms with Gasteiger partial charge in [0.05, 0.1) is 36.3 Å². The number of carboxylic acid groups (broad SMARTS) is 1. The zero-order chi connectivity index (χ0) is 43.7. The maximum absolute atomic E-state index is 12.5. The van der Waals surface area contributed by atoms with E-state index in [1.807, 2.05) is 50.2 Å². The fourth-order valence-electron chi connectivity index (χ4n) is 6.97. The molecule has 0 saturated carbocycles. The maximum Gasteiger partial charge on any atom is 0.326 e. The van der Waals surface area contributed by atoms with Gasteiger partial charge in [-0.15, -0.1) is 0 Å². The van der Waals surface area contributed by atoms with Crippen LogP contribution in [0.5, 0.6) is 17.2 Å². The summed E-state index contributed by atoms with van der Waals surface area (Å²) in [6, 6.07) is 16.6. The molecular weight excluding hydrogens is 814 g/mol. The van der Waals surface area contributed by atoms with Gasteiger partial charge in [0.15, 0.2) is 9.84 Å². The molecule has 1 aliphatic heterocycles. The predicted molar refractivity (Wildman–Crippen MR) is 226 cm³/mol. The number of nitrogens with one attached hydrogen (secondary N) is 1. The highest BCUT2D eigenvalue weighted by Gasteiger charge is 2.45. The Labute approximate surface area is 356 Å². The Balaban J connectivity index is 1.29. The van der Waals surface area contributed by atoms with E-state index in [0.29, 0.717) is 48.7 Å². The van der Waals surface area contributed by atoms with E-state index in [-0.39, 0.29) is 48.9 Å². The molecule has 1 aromatic heterocycles. The summed E-state index contributed by atoms with van der Waals surface area (Å²) in [6.07, 6.45) is 5.13. The van der Waals surface area contributed by atoms with Crippen molar-refractivity contribution in [2.75, 3.05) is 52.3 Å². The van der Waals surface area contributed by atoms with Gasteiger partial charge in [-0.05, 0) is 93.1 Å². The van der Waals surface area contributed by atoms with Crippen LogP contribution in [0.1, 0.15) is 54.5 Å². The van der Waals surface area contributed by atoms with Crippen molar-refractivity contribution >= 4 is 33.4 Å². The number of halogens is 1. The Morgan fingerprint density at radius 3 is 2.35 bits per heavy atom. The maximum atomic E-state index is 12.5. The van der Waals surface area contributed by atoms with Gasteiger partial charge in [0.1, 0.15) is 41.4 Å². The normalized spacial score (nSPS) is 16.6. The molecule has 4 aromatic rings. The monoisotopic (exact) mass is 867 g/mol. The average molecular weight is 868 g/mol. The number of aliphatic hydroxyl groups is 2. The molecule has 0 bridgehead atoms. The molecule has 60 heavy (non-hydrogen) atoms. The quantitative estimate of drug-likeness (QED) is 0.0604. The largest absolute Gasteiger partial charge is 0.493 e. The van der Waals surface area contributed by atoms with Crippen molar-refractivity contribution in [1.82, 2.24) is 15.2 Å². The molecule has 0 spiro atoms. The summed E-state index contributed by atoms with van der Waals surface area (Å²) in [5.41, 5.74) is 3.33. The Morgan fingerprint density at radius 1 is 0.950 bits per heavy atom. The first-order chi connectivity index (χ1) is 28.5. The lowest BCUT2D eigenvalue weighted by molar-refractivity contribution is -0.157. The summed E-state index contributed by atoms with van der Waals surface area (Å²) in [5, 5.41) is 32.5. The second-order valence-corrected chi connectivity index (χ2v) is 17.7. The van der Waals surface area contributed by atoms with E-state index in [9.17, 15) is 33.3 Å². The molecule has 2 unspecified atom stereocenters. The summed E-state index contributed by atoms with van der Waals surface area (Å²) in [4.78, 5) is 30.6. The standard InChI is InChI=1S/C44H54ClN3O11S/c1-6-56-42(53)44(28-50)14-16-48(26-44)15-9-17-57-38-13-8-12-36(30(38)3)35-11-7-10-32(29(35)2)25-59-40-20-39(58-24-31-18-34(23-46-21-31)60(5,54)55)33(19-37(40)45)22-47-43(4,27-49)41(51)52/h7-8,10-13,18-21,23,47,49-50H,6,9,14-17,22,24-28H2,1-5H3,(H,51,52). The number of sulfone groups is 1. The number of esters is 1. The molecule has 324 valence electrons. The van der Waals surface area contributed by atoms with Crippen LogP contribution >= 0.6 is 11.6 Å². The Hall–Kier alpha value is -4.77. The predicted octanol–water partition coefficient (Wildman–Crippen LogP) is 5.52. The number of aliphatic hydroxyl groups excluding tert-OH is 2. The minimum atomic E-state index is -3.51. The number of ether oxygens (including phenoxy) is 4. The van der Waals surface area contributed by atoms with Gasteiger partial charge in [-0.1, -0.05) is 41.9 Å². The lowest BCUT2D eigenvalue weighted by atomic mass is 9.88. The number of carbonyl (C=O) groups excluding carboxylic acids is 1. The first-order valence-electron chi connectivity index (χ1n) is 19.7. The summed E-state index contributed by atoms with van der Waals surface area (Å²) >= 11 is 6.74. The molecule has 16 heteroatoms. The van der Waals surface area contributed by atoms with Crippen LogP contribution in [-0.2, 0) is 43.9 Å². The Kier molecular flexibility index (Phi) is 15.6. The second kappa shape index (κ2) is 20.2. The van der Waals surface area contributed by atoms with Gasteiger partial charge in [-0.25, -0.2) is 8.42 Å². The van der Waals surface area contributed by atoms with Crippen LogP contribution in [0.2, 0.25) is 5.02 Å². The van der Waals surface area contributed by atoms with Gasteiger partial charge < -0.3 is 39.2 Å². The van der Waals surface area contributed by atoms with Gasteiger partial charge in [0.2, 0.25) is 0 Å². The van der Waals surface area contributed by atoms with Crippen LogP contribution in [0.4, 0.5) is 0 Å². The number of carboxylic acids is 1. The highest BCUT2D eigenvalue weighted by molar-refractivity contribution is 7.90. The highest BCUT2D eigenvalue weighted by atomic mass is 35.5. The van der Waals surface area contributed by atoms with E-state index < -0.39 is 33.4 Å². The third-order valence-corrected chi connectivity index (χ3v) is 12.3. The van der Waals surface area contributed by atoms with E-state index in [4.69, 9.17) is 30.5 Å². The highest BCUT2D eigenvalue weighted by Crippen LogP contribution is 2.37. The molecule has 2 atom stereocenters. The van der Waals surface area contributed by atoms with E-state index in [2.05, 4.69) is 15.2 Å². The molecular formula is C44H54ClN3O11S. The molecule has 1 fully saturated rings. The number of benzene rings is 3. The molecule has 0 aliphatic carbocycles.